The van der Waals surface area contributed by atoms with Crippen LogP contribution in [0.3, 0.4) is 0 Å². The van der Waals surface area contributed by atoms with E-state index in [1.165, 1.54) is 0 Å². The maximum Gasteiger partial charge on any atom is 0.211 e. The first kappa shape index (κ1) is 19.1. The maximum absolute atomic E-state index is 12.5. The SMILES string of the molecule is CC1CCN(C(CNS(=O)(=O)CCc2ccccc2)c2ccco2)CC1. The van der Waals surface area contributed by atoms with Gasteiger partial charge in [0.2, 0.25) is 10.0 Å². The van der Waals surface area contributed by atoms with E-state index in [0.717, 1.165) is 43.2 Å². The zero-order valence-corrected chi connectivity index (χ0v) is 16.1. The Morgan fingerprint density at radius 2 is 1.88 bits per heavy atom. The van der Waals surface area contributed by atoms with Gasteiger partial charge in [-0.3, -0.25) is 4.90 Å². The van der Waals surface area contributed by atoms with Crippen LogP contribution in [0.5, 0.6) is 0 Å². The minimum absolute atomic E-state index is 0.0519. The predicted molar refractivity (Wildman–Crippen MR) is 103 cm³/mol. The molecule has 1 N–H and O–H groups in total. The second kappa shape index (κ2) is 8.84. The zero-order valence-electron chi connectivity index (χ0n) is 15.3. The highest BCUT2D eigenvalue weighted by atomic mass is 32.2. The van der Waals surface area contributed by atoms with E-state index in [9.17, 15) is 8.42 Å². The molecule has 1 aliphatic rings. The van der Waals surface area contributed by atoms with Crippen molar-refractivity contribution in [2.75, 3.05) is 25.4 Å². The molecule has 1 aromatic carbocycles. The van der Waals surface area contributed by atoms with Crippen LogP contribution in [0.2, 0.25) is 0 Å². The van der Waals surface area contributed by atoms with Crippen LogP contribution in [-0.4, -0.2) is 38.7 Å². The van der Waals surface area contributed by atoms with Crippen molar-refractivity contribution < 1.29 is 12.8 Å². The van der Waals surface area contributed by atoms with Crippen LogP contribution in [0.25, 0.3) is 0 Å². The van der Waals surface area contributed by atoms with Crippen molar-refractivity contribution in [1.82, 2.24) is 9.62 Å². The Morgan fingerprint density at radius 1 is 1.15 bits per heavy atom. The summed E-state index contributed by atoms with van der Waals surface area (Å²) in [6.07, 6.45) is 4.44. The number of rotatable bonds is 8. The van der Waals surface area contributed by atoms with Gasteiger partial charge in [-0.05, 0) is 56.0 Å². The largest absolute Gasteiger partial charge is 0.468 e. The Morgan fingerprint density at radius 3 is 2.54 bits per heavy atom. The van der Waals surface area contributed by atoms with Crippen LogP contribution in [0.4, 0.5) is 0 Å². The van der Waals surface area contributed by atoms with Crippen LogP contribution in [0.1, 0.15) is 37.1 Å². The van der Waals surface area contributed by atoms with Gasteiger partial charge in [-0.1, -0.05) is 37.3 Å². The van der Waals surface area contributed by atoms with Gasteiger partial charge >= 0.3 is 0 Å². The fraction of sp³-hybridized carbons (Fsp3) is 0.500. The molecule has 1 aliphatic heterocycles. The third kappa shape index (κ3) is 5.43. The number of nitrogens with zero attached hydrogens (tertiary/aromatic N) is 1. The molecular formula is C20H28N2O3S. The average Bonchev–Trinajstić information content (AvgIpc) is 3.17. The number of piperidine rings is 1. The van der Waals surface area contributed by atoms with E-state index in [0.29, 0.717) is 13.0 Å². The lowest BCUT2D eigenvalue weighted by Crippen LogP contribution is -2.42. The summed E-state index contributed by atoms with van der Waals surface area (Å²) < 4.78 is 33.3. The van der Waals surface area contributed by atoms with Crippen molar-refractivity contribution in [3.8, 4) is 0 Å². The van der Waals surface area contributed by atoms with Gasteiger partial charge in [0.25, 0.3) is 0 Å². The van der Waals surface area contributed by atoms with Gasteiger partial charge < -0.3 is 4.42 Å². The molecule has 2 aromatic rings. The molecule has 1 atom stereocenters. The van der Waals surface area contributed by atoms with Crippen molar-refractivity contribution in [1.29, 1.82) is 0 Å². The van der Waals surface area contributed by atoms with Gasteiger partial charge in [0.05, 0.1) is 18.1 Å². The Bertz CT molecular complexity index is 752. The summed E-state index contributed by atoms with van der Waals surface area (Å²) >= 11 is 0. The van der Waals surface area contributed by atoms with Gasteiger partial charge in [-0.2, -0.15) is 0 Å². The highest BCUT2D eigenvalue weighted by molar-refractivity contribution is 7.89. The van der Waals surface area contributed by atoms with Gasteiger partial charge in [-0.25, -0.2) is 13.1 Å². The first-order valence-electron chi connectivity index (χ1n) is 9.32. The molecule has 0 spiro atoms. The molecule has 26 heavy (non-hydrogen) atoms. The Balaban J connectivity index is 1.60. The summed E-state index contributed by atoms with van der Waals surface area (Å²) in [7, 11) is -3.33. The molecule has 0 radical (unpaired) electrons. The Kier molecular flexibility index (Phi) is 6.51. The molecule has 1 aromatic heterocycles. The molecule has 0 saturated carbocycles. The Labute approximate surface area is 156 Å². The fourth-order valence-corrected chi connectivity index (χ4v) is 4.47. The van der Waals surface area contributed by atoms with Gasteiger partial charge in [0.15, 0.2) is 0 Å². The van der Waals surface area contributed by atoms with Gasteiger partial charge in [0, 0.05) is 6.54 Å². The number of hydrogen-bond acceptors (Lipinski definition) is 4. The van der Waals surface area contributed by atoms with E-state index in [4.69, 9.17) is 4.42 Å². The molecule has 142 valence electrons. The highest BCUT2D eigenvalue weighted by Gasteiger charge is 2.27. The molecule has 1 unspecified atom stereocenters. The van der Waals surface area contributed by atoms with Crippen molar-refractivity contribution in [2.24, 2.45) is 5.92 Å². The predicted octanol–water partition coefficient (Wildman–Crippen LogP) is 3.21. The van der Waals surface area contributed by atoms with Crippen molar-refractivity contribution in [2.45, 2.75) is 32.2 Å². The van der Waals surface area contributed by atoms with Crippen LogP contribution >= 0.6 is 0 Å². The second-order valence-corrected chi connectivity index (χ2v) is 9.08. The number of furan rings is 1. The van der Waals surface area contributed by atoms with E-state index in [1.807, 2.05) is 42.5 Å². The number of aryl methyl sites for hydroxylation is 1. The zero-order chi connectivity index (χ0) is 18.4. The van der Waals surface area contributed by atoms with Gasteiger partial charge in [-0.15, -0.1) is 0 Å². The maximum atomic E-state index is 12.5. The van der Waals surface area contributed by atoms with E-state index in [-0.39, 0.29) is 11.8 Å². The molecule has 0 bridgehead atoms. The smallest absolute Gasteiger partial charge is 0.211 e. The van der Waals surface area contributed by atoms with Crippen LogP contribution in [0, 0.1) is 5.92 Å². The lowest BCUT2D eigenvalue weighted by atomic mass is 9.97. The Hall–Kier alpha value is -1.63. The molecule has 5 nitrogen and oxygen atoms in total. The van der Waals surface area contributed by atoms with Crippen LogP contribution in [-0.2, 0) is 16.4 Å². The summed E-state index contributed by atoms with van der Waals surface area (Å²) in [4.78, 5) is 2.33. The summed E-state index contributed by atoms with van der Waals surface area (Å²) in [5.74, 6) is 1.65. The molecule has 6 heteroatoms. The second-order valence-electron chi connectivity index (χ2n) is 7.15. The first-order chi connectivity index (χ1) is 12.5. The minimum Gasteiger partial charge on any atom is -0.468 e. The number of benzene rings is 1. The normalized spacial score (nSPS) is 18.0. The molecule has 0 aliphatic carbocycles. The fourth-order valence-electron chi connectivity index (χ4n) is 3.41. The van der Waals surface area contributed by atoms with E-state index < -0.39 is 10.0 Å². The topological polar surface area (TPSA) is 62.6 Å². The summed E-state index contributed by atoms with van der Waals surface area (Å²) in [6.45, 7) is 4.56. The van der Waals surface area contributed by atoms with E-state index in [2.05, 4.69) is 16.5 Å². The quantitative estimate of drug-likeness (QED) is 0.768. The number of sulfonamides is 1. The van der Waals surface area contributed by atoms with Crippen LogP contribution in [0.15, 0.2) is 53.1 Å². The van der Waals surface area contributed by atoms with E-state index >= 15 is 0 Å². The minimum atomic E-state index is -3.33. The standard InChI is InChI=1S/C20H28N2O3S/c1-17-9-12-22(13-10-17)19(20-8-5-14-25-20)16-21-26(23,24)15-11-18-6-3-2-4-7-18/h2-8,14,17,19,21H,9-13,15-16H2,1H3. The number of nitrogens with one attached hydrogen (secondary N) is 1. The van der Waals surface area contributed by atoms with Gasteiger partial charge in [0.1, 0.15) is 5.76 Å². The van der Waals surface area contributed by atoms with Crippen molar-refractivity contribution in [3.05, 3.63) is 60.1 Å². The molecule has 0 amide bonds. The highest BCUT2D eigenvalue weighted by Crippen LogP contribution is 2.26. The third-order valence-electron chi connectivity index (χ3n) is 5.13. The first-order valence-corrected chi connectivity index (χ1v) is 11.0. The van der Waals surface area contributed by atoms with Crippen LogP contribution < -0.4 is 4.72 Å². The molecule has 1 saturated heterocycles. The molecule has 2 heterocycles. The average molecular weight is 377 g/mol. The summed E-state index contributed by atoms with van der Waals surface area (Å²) in [5.41, 5.74) is 1.03. The van der Waals surface area contributed by atoms with E-state index in [1.54, 1.807) is 6.26 Å². The van der Waals surface area contributed by atoms with Crippen molar-refractivity contribution >= 4 is 10.0 Å². The third-order valence-corrected chi connectivity index (χ3v) is 6.48. The molecule has 1 fully saturated rings. The number of likely N-dealkylation sites (tertiary alicyclic amines) is 1. The lowest BCUT2D eigenvalue weighted by molar-refractivity contribution is 0.125. The summed E-state index contributed by atoms with van der Waals surface area (Å²) in [6, 6.07) is 13.4. The number of hydrogen-bond donors (Lipinski definition) is 1. The molecular weight excluding hydrogens is 348 g/mol. The molecule has 3 rings (SSSR count). The summed E-state index contributed by atoms with van der Waals surface area (Å²) in [5, 5.41) is 0. The monoisotopic (exact) mass is 376 g/mol. The van der Waals surface area contributed by atoms with Crippen molar-refractivity contribution in [3.63, 3.8) is 0 Å². The lowest BCUT2D eigenvalue weighted by Gasteiger charge is -2.35.